The van der Waals surface area contributed by atoms with E-state index in [1.165, 1.54) is 12.8 Å². The molecule has 4 aliphatic heterocycles. The van der Waals surface area contributed by atoms with Crippen LogP contribution in [0, 0.1) is 18.8 Å². The van der Waals surface area contributed by atoms with E-state index in [-0.39, 0.29) is 24.4 Å². The molecule has 11 heteroatoms. The first-order chi connectivity index (χ1) is 22.7. The van der Waals surface area contributed by atoms with Gasteiger partial charge in [-0.2, -0.15) is 0 Å². The quantitative estimate of drug-likeness (QED) is 0.400. The number of aryl methyl sites for hydroxylation is 1. The molecule has 4 aliphatic rings. The summed E-state index contributed by atoms with van der Waals surface area (Å²) in [5, 5.41) is 3.48. The minimum Gasteiger partial charge on any atom is -0.436 e. The standard InChI is InChI=1S/C36H49ClN6O4/c1-24-21-25(22-30(37)33(24)38)23-32(34(44)41-16-9-27(10-17-41)26-7-14-40(2)15-8-26)47-36(46)42-18-12-29(13-19-42)43-20-11-28-5-3-4-6-31(28)39-35(43)45/h3-6,21-22,26-27,29,32H,7-20,23,38H2,1-2H3,(H,39,45)/t32-/m1/s1. The number of hydrogen-bond donors (Lipinski definition) is 2. The van der Waals surface area contributed by atoms with Gasteiger partial charge in [0.1, 0.15) is 0 Å². The van der Waals surface area contributed by atoms with Gasteiger partial charge in [0.15, 0.2) is 6.10 Å². The second-order valence-corrected chi connectivity index (χ2v) is 14.3. The Kier molecular flexibility index (Phi) is 10.5. The zero-order valence-electron chi connectivity index (χ0n) is 27.8. The molecule has 47 heavy (non-hydrogen) atoms. The maximum Gasteiger partial charge on any atom is 0.410 e. The van der Waals surface area contributed by atoms with E-state index in [4.69, 9.17) is 22.1 Å². The van der Waals surface area contributed by atoms with Gasteiger partial charge in [-0.25, -0.2) is 9.59 Å². The number of nitrogens with zero attached hydrogens (tertiary/aromatic N) is 4. The number of hydrogen-bond acceptors (Lipinski definition) is 6. The Labute approximate surface area is 283 Å². The Morgan fingerprint density at radius 1 is 0.936 bits per heavy atom. The molecule has 3 saturated heterocycles. The minimum absolute atomic E-state index is 0.0246. The van der Waals surface area contributed by atoms with Gasteiger partial charge in [-0.15, -0.1) is 0 Å². The van der Waals surface area contributed by atoms with Gasteiger partial charge in [-0.3, -0.25) is 4.79 Å². The average Bonchev–Trinajstić information content (AvgIpc) is 3.25. The van der Waals surface area contributed by atoms with Crippen LogP contribution in [-0.4, -0.2) is 103 Å². The number of para-hydroxylation sites is 1. The molecule has 0 saturated carbocycles. The summed E-state index contributed by atoms with van der Waals surface area (Å²) in [6.07, 6.45) is 5.26. The van der Waals surface area contributed by atoms with Crippen molar-refractivity contribution in [3.8, 4) is 0 Å². The summed E-state index contributed by atoms with van der Waals surface area (Å²) in [6.45, 7) is 7.06. The summed E-state index contributed by atoms with van der Waals surface area (Å²) >= 11 is 6.41. The lowest BCUT2D eigenvalue weighted by atomic mass is 9.79. The zero-order chi connectivity index (χ0) is 33.1. The van der Waals surface area contributed by atoms with Crippen LogP contribution >= 0.6 is 11.6 Å². The molecule has 2 aromatic rings. The number of halogens is 1. The van der Waals surface area contributed by atoms with E-state index in [0.29, 0.717) is 62.2 Å². The Morgan fingerprint density at radius 3 is 2.26 bits per heavy atom. The molecule has 6 rings (SSSR count). The van der Waals surface area contributed by atoms with Crippen molar-refractivity contribution in [2.24, 2.45) is 11.8 Å². The van der Waals surface area contributed by atoms with Crippen molar-refractivity contribution in [1.82, 2.24) is 19.6 Å². The highest BCUT2D eigenvalue weighted by molar-refractivity contribution is 6.33. The molecular formula is C36H49ClN6O4. The molecule has 3 N–H and O–H groups in total. The van der Waals surface area contributed by atoms with E-state index in [0.717, 1.165) is 60.6 Å². The topological polar surface area (TPSA) is 111 Å². The highest BCUT2D eigenvalue weighted by atomic mass is 35.5. The van der Waals surface area contributed by atoms with Crippen LogP contribution in [0.3, 0.4) is 0 Å². The molecule has 2 aromatic carbocycles. The van der Waals surface area contributed by atoms with Crippen LogP contribution in [0.1, 0.15) is 55.2 Å². The predicted molar refractivity (Wildman–Crippen MR) is 185 cm³/mol. The van der Waals surface area contributed by atoms with Gasteiger partial charge >= 0.3 is 12.1 Å². The second kappa shape index (κ2) is 14.7. The average molecular weight is 665 g/mol. The summed E-state index contributed by atoms with van der Waals surface area (Å²) in [7, 11) is 2.18. The highest BCUT2D eigenvalue weighted by Gasteiger charge is 2.37. The van der Waals surface area contributed by atoms with Crippen LogP contribution < -0.4 is 11.1 Å². The SMILES string of the molecule is Cc1cc(C[C@@H](OC(=O)N2CCC(N3CCc4ccccc4NC3=O)CC2)C(=O)N2CCC(C3CCN(C)CC3)CC2)cc(Cl)c1N. The molecule has 254 valence electrons. The summed E-state index contributed by atoms with van der Waals surface area (Å²) in [5.41, 5.74) is 10.2. The fourth-order valence-corrected chi connectivity index (χ4v) is 8.22. The van der Waals surface area contributed by atoms with E-state index in [1.807, 2.05) is 47.1 Å². The lowest BCUT2D eigenvalue weighted by Crippen LogP contribution is -2.52. The van der Waals surface area contributed by atoms with E-state index in [2.05, 4.69) is 17.3 Å². The number of ether oxygens (including phenoxy) is 1. The summed E-state index contributed by atoms with van der Waals surface area (Å²) in [5.74, 6) is 1.20. The number of nitrogen functional groups attached to an aromatic ring is 1. The minimum atomic E-state index is -0.964. The van der Waals surface area contributed by atoms with Gasteiger partial charge < -0.3 is 35.4 Å². The molecule has 4 heterocycles. The number of nitrogens with two attached hydrogens (primary N) is 1. The number of piperidine rings is 3. The number of carbonyl (C=O) groups excluding carboxylic acids is 3. The molecule has 4 amide bonds. The Balaban J connectivity index is 1.08. The fraction of sp³-hybridized carbons (Fsp3) is 0.583. The van der Waals surface area contributed by atoms with Crippen molar-refractivity contribution in [3.05, 3.63) is 58.1 Å². The Bertz CT molecular complexity index is 1420. The zero-order valence-corrected chi connectivity index (χ0v) is 28.5. The number of amides is 4. The van der Waals surface area contributed by atoms with Crippen molar-refractivity contribution >= 4 is 41.0 Å². The number of fused-ring (bicyclic) bond motifs is 1. The van der Waals surface area contributed by atoms with Crippen LogP contribution in [0.4, 0.5) is 21.0 Å². The van der Waals surface area contributed by atoms with Gasteiger partial charge in [0.05, 0.1) is 10.7 Å². The number of nitrogens with one attached hydrogen (secondary N) is 1. The van der Waals surface area contributed by atoms with Gasteiger partial charge in [0.25, 0.3) is 5.91 Å². The number of urea groups is 1. The first-order valence-electron chi connectivity index (χ1n) is 17.3. The maximum atomic E-state index is 14.0. The summed E-state index contributed by atoms with van der Waals surface area (Å²) in [4.78, 5) is 48.6. The van der Waals surface area contributed by atoms with Gasteiger partial charge in [0.2, 0.25) is 0 Å². The van der Waals surface area contributed by atoms with Crippen LogP contribution in [0.2, 0.25) is 5.02 Å². The van der Waals surface area contributed by atoms with E-state index in [1.54, 1.807) is 11.0 Å². The first-order valence-corrected chi connectivity index (χ1v) is 17.7. The molecule has 0 radical (unpaired) electrons. The maximum absolute atomic E-state index is 14.0. The Hall–Kier alpha value is -3.50. The van der Waals surface area contributed by atoms with Gasteiger partial charge in [-0.05, 0) is 113 Å². The molecule has 1 atom stereocenters. The van der Waals surface area contributed by atoms with Crippen molar-refractivity contribution < 1.29 is 19.1 Å². The lowest BCUT2D eigenvalue weighted by molar-refractivity contribution is -0.142. The van der Waals surface area contributed by atoms with Crippen LogP contribution in [0.5, 0.6) is 0 Å². The van der Waals surface area contributed by atoms with E-state index in [9.17, 15) is 14.4 Å². The second-order valence-electron chi connectivity index (χ2n) is 13.9. The molecule has 0 unspecified atom stereocenters. The van der Waals surface area contributed by atoms with Crippen LogP contribution in [-0.2, 0) is 22.4 Å². The largest absolute Gasteiger partial charge is 0.436 e. The van der Waals surface area contributed by atoms with E-state index >= 15 is 0 Å². The fourth-order valence-electron chi connectivity index (χ4n) is 7.93. The van der Waals surface area contributed by atoms with Crippen molar-refractivity contribution in [1.29, 1.82) is 0 Å². The van der Waals surface area contributed by atoms with E-state index < -0.39 is 12.2 Å². The number of rotatable bonds is 6. The Morgan fingerprint density at radius 2 is 1.57 bits per heavy atom. The number of likely N-dealkylation sites (tertiary alicyclic amines) is 3. The smallest absolute Gasteiger partial charge is 0.410 e. The molecule has 0 spiro atoms. The third-order valence-corrected chi connectivity index (χ3v) is 11.2. The third kappa shape index (κ3) is 7.81. The predicted octanol–water partition coefficient (Wildman–Crippen LogP) is 5.41. The number of anilines is 2. The normalized spacial score (nSPS) is 21.2. The first kappa shape index (κ1) is 33.4. The summed E-state index contributed by atoms with van der Waals surface area (Å²) in [6, 6.07) is 11.5. The lowest BCUT2D eigenvalue weighted by Gasteiger charge is -2.40. The van der Waals surface area contributed by atoms with Gasteiger partial charge in [0, 0.05) is 50.9 Å². The van der Waals surface area contributed by atoms with Gasteiger partial charge in [-0.1, -0.05) is 35.9 Å². The molecule has 3 fully saturated rings. The van der Waals surface area contributed by atoms with Crippen molar-refractivity contribution in [2.75, 3.05) is 63.9 Å². The summed E-state index contributed by atoms with van der Waals surface area (Å²) < 4.78 is 6.06. The van der Waals surface area contributed by atoms with Crippen molar-refractivity contribution in [2.45, 2.75) is 70.4 Å². The number of benzene rings is 2. The molecule has 0 aliphatic carbocycles. The monoisotopic (exact) mass is 664 g/mol. The molecular weight excluding hydrogens is 616 g/mol. The third-order valence-electron chi connectivity index (χ3n) is 10.9. The van der Waals surface area contributed by atoms with Crippen LogP contribution in [0.25, 0.3) is 0 Å². The van der Waals surface area contributed by atoms with Crippen molar-refractivity contribution in [3.63, 3.8) is 0 Å². The highest BCUT2D eigenvalue weighted by Crippen LogP contribution is 2.33. The van der Waals surface area contributed by atoms with Crippen LogP contribution in [0.15, 0.2) is 36.4 Å². The number of carbonyl (C=O) groups is 3. The molecule has 10 nitrogen and oxygen atoms in total. The molecule has 0 aromatic heterocycles. The molecule has 0 bridgehead atoms.